The lowest BCUT2D eigenvalue weighted by molar-refractivity contribution is -0.158. The van der Waals surface area contributed by atoms with E-state index in [1.807, 2.05) is 45.9 Å². The lowest BCUT2D eigenvalue weighted by Crippen LogP contribution is -2.47. The van der Waals surface area contributed by atoms with Gasteiger partial charge < -0.3 is 9.30 Å². The maximum atomic E-state index is 13.0. The summed E-state index contributed by atoms with van der Waals surface area (Å²) in [5, 5.41) is 0. The second-order valence-corrected chi connectivity index (χ2v) is 9.31. The van der Waals surface area contributed by atoms with Gasteiger partial charge in [-0.05, 0) is 51.5 Å². The molecule has 174 valence electrons. The van der Waals surface area contributed by atoms with Crippen molar-refractivity contribution in [3.8, 4) is 0 Å². The Labute approximate surface area is 189 Å². The van der Waals surface area contributed by atoms with Gasteiger partial charge in [0, 0.05) is 23.5 Å². The molecule has 3 atom stereocenters. The standard InChI is InChI=1S/C25H34N2O5/c1-6-11-26-16(4)13-20(17(26)5)22(28)14-32-25(31)21(12-15(2)3)27-23(29)18-9-7-8-10-19(18)24(27)30/h7-8,13,15,18-19,21H,6,9-12,14H2,1-5H3. The van der Waals surface area contributed by atoms with Gasteiger partial charge in [0.1, 0.15) is 6.04 Å². The highest BCUT2D eigenvalue weighted by atomic mass is 16.5. The van der Waals surface area contributed by atoms with Gasteiger partial charge in [0.2, 0.25) is 17.6 Å². The highest BCUT2D eigenvalue weighted by Crippen LogP contribution is 2.37. The zero-order valence-electron chi connectivity index (χ0n) is 19.7. The van der Waals surface area contributed by atoms with Crippen LogP contribution in [0.3, 0.4) is 0 Å². The van der Waals surface area contributed by atoms with Gasteiger partial charge in [0.25, 0.3) is 0 Å². The number of ether oxygens (including phenoxy) is 1. The smallest absolute Gasteiger partial charge is 0.329 e. The molecular weight excluding hydrogens is 408 g/mol. The SMILES string of the molecule is CCCn1c(C)cc(C(=O)COC(=O)C(CC(C)C)N2C(=O)C3CC=CCC3C2=O)c1C. The van der Waals surface area contributed by atoms with Crippen molar-refractivity contribution in [1.82, 2.24) is 9.47 Å². The third-order valence-electron chi connectivity index (χ3n) is 6.49. The molecule has 0 radical (unpaired) electrons. The van der Waals surface area contributed by atoms with Gasteiger partial charge in [-0.2, -0.15) is 0 Å². The Morgan fingerprint density at radius 2 is 1.69 bits per heavy atom. The lowest BCUT2D eigenvalue weighted by Gasteiger charge is -2.26. The van der Waals surface area contributed by atoms with Crippen LogP contribution in [0.2, 0.25) is 0 Å². The third-order valence-corrected chi connectivity index (χ3v) is 6.49. The Morgan fingerprint density at radius 3 is 2.22 bits per heavy atom. The molecule has 0 saturated carbocycles. The van der Waals surface area contributed by atoms with Crippen molar-refractivity contribution < 1.29 is 23.9 Å². The number of Topliss-reactive ketones (excluding diaryl/α,β-unsaturated/α-hetero) is 1. The number of carbonyl (C=O) groups is 4. The minimum absolute atomic E-state index is 0.0672. The van der Waals surface area contributed by atoms with Crippen molar-refractivity contribution in [3.05, 3.63) is 35.2 Å². The number of hydrogen-bond acceptors (Lipinski definition) is 5. The number of esters is 1. The number of rotatable bonds is 9. The second kappa shape index (κ2) is 9.84. The Morgan fingerprint density at radius 1 is 1.09 bits per heavy atom. The van der Waals surface area contributed by atoms with Gasteiger partial charge in [0.05, 0.1) is 11.8 Å². The third kappa shape index (κ3) is 4.57. The van der Waals surface area contributed by atoms with Crippen molar-refractivity contribution in [2.45, 2.75) is 72.9 Å². The van der Waals surface area contributed by atoms with Gasteiger partial charge >= 0.3 is 5.97 Å². The van der Waals surface area contributed by atoms with Crippen LogP contribution in [0.25, 0.3) is 0 Å². The number of aromatic nitrogens is 1. The molecule has 1 aromatic heterocycles. The first-order valence-electron chi connectivity index (χ1n) is 11.6. The maximum Gasteiger partial charge on any atom is 0.329 e. The zero-order valence-corrected chi connectivity index (χ0v) is 19.7. The van der Waals surface area contributed by atoms with E-state index >= 15 is 0 Å². The van der Waals surface area contributed by atoms with Crippen molar-refractivity contribution in [2.75, 3.05) is 6.61 Å². The minimum Gasteiger partial charge on any atom is -0.456 e. The molecule has 2 aliphatic rings. The molecule has 7 nitrogen and oxygen atoms in total. The summed E-state index contributed by atoms with van der Waals surface area (Å²) in [5.74, 6) is -2.32. The molecule has 1 fully saturated rings. The van der Waals surface area contributed by atoms with E-state index in [4.69, 9.17) is 4.74 Å². The Bertz CT molecular complexity index is 916. The first-order valence-corrected chi connectivity index (χ1v) is 11.6. The molecule has 0 bridgehead atoms. The molecule has 0 aromatic carbocycles. The van der Waals surface area contributed by atoms with E-state index in [1.165, 1.54) is 0 Å². The number of hydrogen-bond donors (Lipinski definition) is 0. The van der Waals surface area contributed by atoms with Gasteiger partial charge in [-0.25, -0.2) is 4.79 Å². The summed E-state index contributed by atoms with van der Waals surface area (Å²) in [6, 6.07) is 0.818. The first kappa shape index (κ1) is 24.0. The molecule has 2 heterocycles. The topological polar surface area (TPSA) is 85.7 Å². The van der Waals surface area contributed by atoms with Gasteiger partial charge in [-0.3, -0.25) is 19.3 Å². The quantitative estimate of drug-likeness (QED) is 0.252. The van der Waals surface area contributed by atoms with E-state index in [9.17, 15) is 19.2 Å². The number of amides is 2. The predicted octanol–water partition coefficient (Wildman–Crippen LogP) is 3.61. The molecular formula is C25H34N2O5. The summed E-state index contributed by atoms with van der Waals surface area (Å²) >= 11 is 0. The van der Waals surface area contributed by atoms with Crippen LogP contribution in [0.15, 0.2) is 18.2 Å². The number of nitrogens with zero attached hydrogens (tertiary/aromatic N) is 2. The molecule has 1 saturated heterocycles. The predicted molar refractivity (Wildman–Crippen MR) is 120 cm³/mol. The van der Waals surface area contributed by atoms with Crippen molar-refractivity contribution >= 4 is 23.6 Å². The fourth-order valence-corrected chi connectivity index (χ4v) is 4.85. The van der Waals surface area contributed by atoms with Crippen molar-refractivity contribution in [2.24, 2.45) is 17.8 Å². The number of allylic oxidation sites excluding steroid dienone is 2. The molecule has 0 spiro atoms. The van der Waals surface area contributed by atoms with Crippen LogP contribution >= 0.6 is 0 Å². The molecule has 1 aliphatic carbocycles. The summed E-state index contributed by atoms with van der Waals surface area (Å²) < 4.78 is 7.47. The molecule has 32 heavy (non-hydrogen) atoms. The number of fused-ring (bicyclic) bond motifs is 1. The first-order chi connectivity index (χ1) is 15.2. The van der Waals surface area contributed by atoms with Crippen LogP contribution in [0.4, 0.5) is 0 Å². The molecule has 3 unspecified atom stereocenters. The van der Waals surface area contributed by atoms with Crippen LogP contribution in [-0.4, -0.2) is 45.7 Å². The average Bonchev–Trinajstić information content (AvgIpc) is 3.18. The van der Waals surface area contributed by atoms with E-state index in [-0.39, 0.29) is 23.5 Å². The largest absolute Gasteiger partial charge is 0.456 e. The second-order valence-electron chi connectivity index (χ2n) is 9.31. The summed E-state index contributed by atoms with van der Waals surface area (Å²) in [5.41, 5.74) is 2.38. The number of aryl methyl sites for hydroxylation is 1. The minimum atomic E-state index is -0.999. The summed E-state index contributed by atoms with van der Waals surface area (Å²) in [6.45, 7) is 10.2. The van der Waals surface area contributed by atoms with E-state index in [2.05, 4.69) is 11.5 Å². The van der Waals surface area contributed by atoms with Crippen molar-refractivity contribution in [1.29, 1.82) is 0 Å². The number of imide groups is 1. The highest BCUT2D eigenvalue weighted by Gasteiger charge is 2.51. The molecule has 1 aliphatic heterocycles. The van der Waals surface area contributed by atoms with Crippen LogP contribution in [0, 0.1) is 31.6 Å². The Hall–Kier alpha value is -2.70. The fraction of sp³-hybridized carbons (Fsp3) is 0.600. The summed E-state index contributed by atoms with van der Waals surface area (Å²) in [6.07, 6.45) is 6.12. The average molecular weight is 443 g/mol. The number of carbonyl (C=O) groups excluding carboxylic acids is 4. The van der Waals surface area contributed by atoms with E-state index in [0.717, 1.165) is 29.3 Å². The monoisotopic (exact) mass is 442 g/mol. The fourth-order valence-electron chi connectivity index (χ4n) is 4.85. The van der Waals surface area contributed by atoms with Crippen LogP contribution < -0.4 is 0 Å². The normalized spacial score (nSPS) is 21.2. The Kier molecular flexibility index (Phi) is 7.36. The lowest BCUT2D eigenvalue weighted by atomic mass is 9.85. The summed E-state index contributed by atoms with van der Waals surface area (Å²) in [7, 11) is 0. The molecule has 7 heteroatoms. The van der Waals surface area contributed by atoms with Crippen LogP contribution in [-0.2, 0) is 25.7 Å². The molecule has 3 rings (SSSR count). The van der Waals surface area contributed by atoms with E-state index in [1.54, 1.807) is 0 Å². The zero-order chi connectivity index (χ0) is 23.6. The molecule has 0 N–H and O–H groups in total. The van der Waals surface area contributed by atoms with Crippen LogP contribution in [0.5, 0.6) is 0 Å². The van der Waals surface area contributed by atoms with Gasteiger partial charge in [-0.15, -0.1) is 0 Å². The number of ketones is 1. The maximum absolute atomic E-state index is 13.0. The molecule has 2 amide bonds. The van der Waals surface area contributed by atoms with E-state index in [0.29, 0.717) is 24.8 Å². The van der Waals surface area contributed by atoms with E-state index < -0.39 is 30.5 Å². The van der Waals surface area contributed by atoms with Gasteiger partial charge in [-0.1, -0.05) is 32.9 Å². The van der Waals surface area contributed by atoms with Crippen LogP contribution in [0.1, 0.15) is 68.2 Å². The molecule has 1 aromatic rings. The summed E-state index contributed by atoms with van der Waals surface area (Å²) in [4.78, 5) is 52.9. The Balaban J connectivity index is 1.73. The van der Waals surface area contributed by atoms with Gasteiger partial charge in [0.15, 0.2) is 6.61 Å². The number of likely N-dealkylation sites (tertiary alicyclic amines) is 1. The highest BCUT2D eigenvalue weighted by molar-refractivity contribution is 6.08. The van der Waals surface area contributed by atoms with Crippen molar-refractivity contribution in [3.63, 3.8) is 0 Å².